The number of alkyl halides is 3. The van der Waals surface area contributed by atoms with Gasteiger partial charge in [0.15, 0.2) is 11.9 Å². The first kappa shape index (κ1) is 22.4. The number of carbonyl (C=O) groups excluding carboxylic acids is 2. The van der Waals surface area contributed by atoms with Crippen molar-refractivity contribution in [3.8, 4) is 0 Å². The fourth-order valence-electron chi connectivity index (χ4n) is 3.03. The SMILES string of the molecule is O=C(Nc1ccc(NC(=O)[C@@H]2Nc3cc(C(F)(F)F)ccc3S(=O)(=O)N2)cc1)c1ccco1. The van der Waals surface area contributed by atoms with E-state index in [2.05, 4.69) is 20.7 Å². The van der Waals surface area contributed by atoms with E-state index in [1.807, 2.05) is 0 Å². The normalized spacial score (nSPS) is 16.9. The second-order valence-electron chi connectivity index (χ2n) is 6.91. The van der Waals surface area contributed by atoms with E-state index in [9.17, 15) is 31.2 Å². The van der Waals surface area contributed by atoms with Gasteiger partial charge in [0.1, 0.15) is 4.90 Å². The van der Waals surface area contributed by atoms with Gasteiger partial charge in [-0.2, -0.15) is 17.9 Å². The summed E-state index contributed by atoms with van der Waals surface area (Å²) in [4.78, 5) is 24.1. The standard InChI is InChI=1S/C20H15F3N4O5S/c21-20(22,23)11-3-8-16-14(10-11)26-17(27-33(16,30)31)19(29)25-13-6-4-12(5-7-13)24-18(28)15-2-1-9-32-15/h1-10,17,26-27H,(H,24,28)(H,25,29)/t17-/m1/s1. The Kier molecular flexibility index (Phi) is 5.59. The van der Waals surface area contributed by atoms with Crippen LogP contribution < -0.4 is 20.7 Å². The fraction of sp³-hybridized carbons (Fsp3) is 0.100. The highest BCUT2D eigenvalue weighted by Crippen LogP contribution is 2.35. The second-order valence-corrected chi connectivity index (χ2v) is 8.59. The number of sulfonamides is 1. The number of benzene rings is 2. The Bertz CT molecular complexity index is 1310. The monoisotopic (exact) mass is 480 g/mol. The number of furan rings is 1. The summed E-state index contributed by atoms with van der Waals surface area (Å²) in [5.74, 6) is -1.22. The van der Waals surface area contributed by atoms with Gasteiger partial charge >= 0.3 is 6.18 Å². The number of hydrogen-bond acceptors (Lipinski definition) is 6. The molecule has 0 bridgehead atoms. The molecule has 9 nitrogen and oxygen atoms in total. The van der Waals surface area contributed by atoms with Crippen LogP contribution in [0.15, 0.2) is 70.2 Å². The largest absolute Gasteiger partial charge is 0.459 e. The smallest absolute Gasteiger partial charge is 0.416 e. The molecule has 0 saturated heterocycles. The van der Waals surface area contributed by atoms with E-state index >= 15 is 0 Å². The zero-order valence-electron chi connectivity index (χ0n) is 16.4. The van der Waals surface area contributed by atoms with Gasteiger partial charge in [0.25, 0.3) is 11.8 Å². The summed E-state index contributed by atoms with van der Waals surface area (Å²) in [5.41, 5.74) is -0.747. The molecule has 33 heavy (non-hydrogen) atoms. The summed E-state index contributed by atoms with van der Waals surface area (Å²) in [7, 11) is -4.23. The van der Waals surface area contributed by atoms with E-state index < -0.39 is 44.6 Å². The molecule has 4 rings (SSSR count). The molecule has 0 fully saturated rings. The van der Waals surface area contributed by atoms with Gasteiger partial charge in [0.05, 0.1) is 17.5 Å². The van der Waals surface area contributed by atoms with Crippen LogP contribution in [-0.2, 0) is 21.0 Å². The predicted octanol–water partition coefficient (Wildman–Crippen LogP) is 3.22. The molecule has 172 valence electrons. The van der Waals surface area contributed by atoms with Crippen LogP contribution in [0.4, 0.5) is 30.2 Å². The van der Waals surface area contributed by atoms with Crippen LogP contribution in [0, 0.1) is 0 Å². The first-order chi connectivity index (χ1) is 15.5. The molecule has 0 aliphatic carbocycles. The summed E-state index contributed by atoms with van der Waals surface area (Å²) in [6, 6.07) is 11.0. The van der Waals surface area contributed by atoms with Crippen LogP contribution in [0.25, 0.3) is 0 Å². The molecule has 2 aromatic carbocycles. The first-order valence-electron chi connectivity index (χ1n) is 9.29. The molecular weight excluding hydrogens is 465 g/mol. The predicted molar refractivity (Wildman–Crippen MR) is 111 cm³/mol. The van der Waals surface area contributed by atoms with E-state index in [-0.39, 0.29) is 17.1 Å². The molecule has 2 heterocycles. The molecule has 3 aromatic rings. The molecule has 13 heteroatoms. The molecule has 0 saturated carbocycles. The number of anilines is 3. The van der Waals surface area contributed by atoms with E-state index in [1.165, 1.54) is 36.6 Å². The van der Waals surface area contributed by atoms with Crippen LogP contribution in [0.5, 0.6) is 0 Å². The Hall–Kier alpha value is -3.84. The number of carbonyl (C=O) groups is 2. The summed E-state index contributed by atoms with van der Waals surface area (Å²) in [6.45, 7) is 0. The Balaban J connectivity index is 1.46. The Labute approximate surface area is 185 Å². The van der Waals surface area contributed by atoms with Crippen molar-refractivity contribution in [2.24, 2.45) is 0 Å². The number of rotatable bonds is 4. The van der Waals surface area contributed by atoms with Crippen LogP contribution in [-0.4, -0.2) is 26.4 Å². The van der Waals surface area contributed by atoms with E-state index in [0.29, 0.717) is 17.8 Å². The molecule has 1 aliphatic heterocycles. The van der Waals surface area contributed by atoms with Crippen molar-refractivity contribution in [1.82, 2.24) is 4.72 Å². The van der Waals surface area contributed by atoms with Crippen molar-refractivity contribution in [2.45, 2.75) is 17.2 Å². The minimum atomic E-state index is -4.68. The third kappa shape index (κ3) is 4.83. The van der Waals surface area contributed by atoms with Crippen LogP contribution in [0.2, 0.25) is 0 Å². The van der Waals surface area contributed by atoms with Crippen molar-refractivity contribution >= 4 is 38.9 Å². The summed E-state index contributed by atoms with van der Waals surface area (Å²) < 4.78 is 70.8. The Morgan fingerprint density at radius 2 is 1.64 bits per heavy atom. The van der Waals surface area contributed by atoms with Gasteiger partial charge < -0.3 is 20.4 Å². The van der Waals surface area contributed by atoms with Crippen molar-refractivity contribution < 1.29 is 35.6 Å². The van der Waals surface area contributed by atoms with Crippen LogP contribution >= 0.6 is 0 Å². The van der Waals surface area contributed by atoms with Crippen molar-refractivity contribution in [2.75, 3.05) is 16.0 Å². The minimum Gasteiger partial charge on any atom is -0.459 e. The zero-order valence-corrected chi connectivity index (χ0v) is 17.3. The minimum absolute atomic E-state index is 0.108. The third-order valence-electron chi connectivity index (χ3n) is 4.59. The third-order valence-corrected chi connectivity index (χ3v) is 6.07. The fourth-order valence-corrected chi connectivity index (χ4v) is 4.29. The number of hydrogen-bond donors (Lipinski definition) is 4. The summed E-state index contributed by atoms with van der Waals surface area (Å²) in [5, 5.41) is 7.51. The number of halogens is 3. The van der Waals surface area contributed by atoms with E-state index in [4.69, 9.17) is 4.42 Å². The van der Waals surface area contributed by atoms with Gasteiger partial charge in [-0.25, -0.2) is 8.42 Å². The lowest BCUT2D eigenvalue weighted by molar-refractivity contribution is -0.137. The molecule has 0 spiro atoms. The molecule has 1 atom stereocenters. The van der Waals surface area contributed by atoms with Gasteiger partial charge in [0, 0.05) is 11.4 Å². The lowest BCUT2D eigenvalue weighted by atomic mass is 10.2. The maximum absolute atomic E-state index is 13.0. The molecule has 0 unspecified atom stereocenters. The maximum atomic E-state index is 13.0. The lowest BCUT2D eigenvalue weighted by Gasteiger charge is -2.27. The topological polar surface area (TPSA) is 130 Å². The van der Waals surface area contributed by atoms with Crippen molar-refractivity contribution in [3.63, 3.8) is 0 Å². The van der Waals surface area contributed by atoms with Gasteiger partial charge in [-0.15, -0.1) is 0 Å². The molecule has 4 N–H and O–H groups in total. The molecule has 0 radical (unpaired) electrons. The number of fused-ring (bicyclic) bond motifs is 1. The Morgan fingerprint density at radius 3 is 2.24 bits per heavy atom. The number of amides is 2. The average Bonchev–Trinajstić information content (AvgIpc) is 3.29. The maximum Gasteiger partial charge on any atom is 0.416 e. The molecule has 1 aromatic heterocycles. The molecular formula is C20H15F3N4O5S. The van der Waals surface area contributed by atoms with Gasteiger partial charge in [-0.05, 0) is 54.6 Å². The Morgan fingerprint density at radius 1 is 0.970 bits per heavy atom. The average molecular weight is 480 g/mol. The highest BCUT2D eigenvalue weighted by atomic mass is 32.2. The van der Waals surface area contributed by atoms with Crippen LogP contribution in [0.1, 0.15) is 16.1 Å². The molecule has 2 amide bonds. The highest BCUT2D eigenvalue weighted by molar-refractivity contribution is 7.89. The van der Waals surface area contributed by atoms with E-state index in [0.717, 1.165) is 6.07 Å². The van der Waals surface area contributed by atoms with Crippen molar-refractivity contribution in [1.29, 1.82) is 0 Å². The quantitative estimate of drug-likeness (QED) is 0.454. The lowest BCUT2D eigenvalue weighted by Crippen LogP contribution is -2.51. The summed E-state index contributed by atoms with van der Waals surface area (Å²) in [6.07, 6.45) is -4.88. The first-order valence-corrected chi connectivity index (χ1v) is 10.8. The molecule has 1 aliphatic rings. The van der Waals surface area contributed by atoms with E-state index in [1.54, 1.807) is 6.07 Å². The highest BCUT2D eigenvalue weighted by Gasteiger charge is 2.37. The van der Waals surface area contributed by atoms with Gasteiger partial charge in [-0.1, -0.05) is 0 Å². The van der Waals surface area contributed by atoms with Gasteiger partial charge in [0.2, 0.25) is 10.0 Å². The summed E-state index contributed by atoms with van der Waals surface area (Å²) >= 11 is 0. The van der Waals surface area contributed by atoms with Gasteiger partial charge in [-0.3, -0.25) is 9.59 Å². The van der Waals surface area contributed by atoms with Crippen LogP contribution in [0.3, 0.4) is 0 Å². The second kappa shape index (κ2) is 8.26. The number of nitrogens with one attached hydrogen (secondary N) is 4. The van der Waals surface area contributed by atoms with Crippen molar-refractivity contribution in [3.05, 3.63) is 72.2 Å². The zero-order chi connectivity index (χ0) is 23.8.